The Balaban J connectivity index is 2.87. The van der Waals surface area contributed by atoms with Crippen LogP contribution in [-0.4, -0.2) is 13.7 Å². The second-order valence-corrected chi connectivity index (χ2v) is 5.89. The molecule has 0 aliphatic carbocycles. The predicted molar refractivity (Wildman–Crippen MR) is 66.7 cm³/mol. The van der Waals surface area contributed by atoms with E-state index in [0.29, 0.717) is 5.69 Å². The molecular formula is C12H15NO2S. The number of benzene rings is 1. The van der Waals surface area contributed by atoms with E-state index in [0.717, 1.165) is 5.56 Å². The van der Waals surface area contributed by atoms with Crippen molar-refractivity contribution < 1.29 is 8.42 Å². The summed E-state index contributed by atoms with van der Waals surface area (Å²) in [5, 5.41) is -0.442. The van der Waals surface area contributed by atoms with Crippen molar-refractivity contribution in [3.63, 3.8) is 0 Å². The van der Waals surface area contributed by atoms with Crippen LogP contribution in [-0.2, 0) is 10.0 Å². The van der Waals surface area contributed by atoms with Gasteiger partial charge in [0.1, 0.15) is 0 Å². The second-order valence-electron chi connectivity index (χ2n) is 3.65. The van der Waals surface area contributed by atoms with Gasteiger partial charge < -0.3 is 0 Å². The Morgan fingerprint density at radius 2 is 1.75 bits per heavy atom. The van der Waals surface area contributed by atoms with E-state index in [1.54, 1.807) is 45.0 Å². The molecule has 0 heterocycles. The molecule has 0 unspecified atom stereocenters. The van der Waals surface area contributed by atoms with E-state index in [4.69, 9.17) is 0 Å². The van der Waals surface area contributed by atoms with Gasteiger partial charge in [0.15, 0.2) is 0 Å². The van der Waals surface area contributed by atoms with Crippen LogP contribution in [0.1, 0.15) is 26.3 Å². The molecule has 1 aromatic carbocycles. The van der Waals surface area contributed by atoms with Crippen LogP contribution < -0.4 is 4.72 Å². The molecule has 0 fully saturated rings. The summed E-state index contributed by atoms with van der Waals surface area (Å²) in [5.41, 5.74) is 1.44. The van der Waals surface area contributed by atoms with Crippen molar-refractivity contribution >= 4 is 15.7 Å². The molecular weight excluding hydrogens is 222 g/mol. The summed E-state index contributed by atoms with van der Waals surface area (Å²) in [7, 11) is -3.26. The van der Waals surface area contributed by atoms with Crippen LogP contribution in [0.2, 0.25) is 0 Å². The van der Waals surface area contributed by atoms with Crippen molar-refractivity contribution in [2.24, 2.45) is 0 Å². The first kappa shape index (κ1) is 12.6. The third-order valence-corrected chi connectivity index (χ3v) is 3.80. The minimum absolute atomic E-state index is 0.442. The molecule has 0 saturated heterocycles. The van der Waals surface area contributed by atoms with Gasteiger partial charge in [0.05, 0.1) is 5.25 Å². The Hall–Kier alpha value is -1.47. The highest BCUT2D eigenvalue weighted by molar-refractivity contribution is 7.93. The van der Waals surface area contributed by atoms with Crippen LogP contribution in [0.5, 0.6) is 0 Å². The maximum Gasteiger partial charge on any atom is 0.235 e. The van der Waals surface area contributed by atoms with E-state index in [-0.39, 0.29) is 0 Å². The van der Waals surface area contributed by atoms with Crippen molar-refractivity contribution in [2.45, 2.75) is 26.0 Å². The van der Waals surface area contributed by atoms with Crippen molar-refractivity contribution in [2.75, 3.05) is 4.72 Å². The summed E-state index contributed by atoms with van der Waals surface area (Å²) in [6.45, 7) is 5.04. The highest BCUT2D eigenvalue weighted by Gasteiger charge is 2.14. The lowest BCUT2D eigenvalue weighted by Crippen LogP contribution is -2.22. The smallest absolute Gasteiger partial charge is 0.235 e. The van der Waals surface area contributed by atoms with Gasteiger partial charge in [0, 0.05) is 11.3 Å². The monoisotopic (exact) mass is 237 g/mol. The third kappa shape index (κ3) is 3.28. The van der Waals surface area contributed by atoms with Gasteiger partial charge in [-0.2, -0.15) is 0 Å². The van der Waals surface area contributed by atoms with Crippen LogP contribution in [0, 0.1) is 11.8 Å². The third-order valence-electron chi connectivity index (χ3n) is 2.03. The molecule has 0 saturated carbocycles. The number of rotatable bonds is 3. The zero-order chi connectivity index (χ0) is 12.2. The minimum atomic E-state index is -3.26. The minimum Gasteiger partial charge on any atom is -0.283 e. The van der Waals surface area contributed by atoms with Crippen molar-refractivity contribution in [3.8, 4) is 11.8 Å². The van der Waals surface area contributed by atoms with Crippen LogP contribution in [0.4, 0.5) is 5.69 Å². The average Bonchev–Trinajstić information content (AvgIpc) is 2.21. The average molecular weight is 237 g/mol. The Morgan fingerprint density at radius 3 is 2.19 bits per heavy atom. The van der Waals surface area contributed by atoms with Gasteiger partial charge in [-0.3, -0.25) is 4.72 Å². The summed E-state index contributed by atoms with van der Waals surface area (Å²) in [5.74, 6) is 5.67. The molecule has 0 atom stereocenters. The molecule has 1 aromatic rings. The fourth-order valence-electron chi connectivity index (χ4n) is 1.05. The lowest BCUT2D eigenvalue weighted by atomic mass is 10.2. The largest absolute Gasteiger partial charge is 0.283 e. The summed E-state index contributed by atoms with van der Waals surface area (Å²) in [6, 6.07) is 6.99. The first-order valence-electron chi connectivity index (χ1n) is 5.00. The molecule has 4 heteroatoms. The highest BCUT2D eigenvalue weighted by Crippen LogP contribution is 2.12. The highest BCUT2D eigenvalue weighted by atomic mass is 32.2. The molecule has 1 rings (SSSR count). The summed E-state index contributed by atoms with van der Waals surface area (Å²) in [4.78, 5) is 0. The first-order valence-corrected chi connectivity index (χ1v) is 6.55. The van der Waals surface area contributed by atoms with Gasteiger partial charge in [0.2, 0.25) is 10.0 Å². The Labute approximate surface area is 96.9 Å². The topological polar surface area (TPSA) is 46.2 Å². The number of anilines is 1. The zero-order valence-corrected chi connectivity index (χ0v) is 10.4. The van der Waals surface area contributed by atoms with Gasteiger partial charge in [-0.25, -0.2) is 8.42 Å². The van der Waals surface area contributed by atoms with Gasteiger partial charge in [0.25, 0.3) is 0 Å². The van der Waals surface area contributed by atoms with E-state index in [1.807, 2.05) is 0 Å². The fourth-order valence-corrected chi connectivity index (χ4v) is 1.75. The van der Waals surface area contributed by atoms with E-state index < -0.39 is 15.3 Å². The standard InChI is InChI=1S/C12H15NO2S/c1-4-5-11-6-8-12(9-7-11)13-16(14,15)10(2)3/h6-10,13H,1-3H3. The molecule has 0 aromatic heterocycles. The molecule has 0 radical (unpaired) electrons. The quantitative estimate of drug-likeness (QED) is 0.819. The Kier molecular flexibility index (Phi) is 3.97. The van der Waals surface area contributed by atoms with Crippen LogP contribution in [0.15, 0.2) is 24.3 Å². The van der Waals surface area contributed by atoms with Gasteiger partial charge in [-0.05, 0) is 45.0 Å². The summed E-state index contributed by atoms with van der Waals surface area (Å²) in [6.07, 6.45) is 0. The van der Waals surface area contributed by atoms with Gasteiger partial charge >= 0.3 is 0 Å². The molecule has 0 aliphatic rings. The second kappa shape index (κ2) is 5.04. The first-order chi connectivity index (χ1) is 7.45. The molecule has 3 nitrogen and oxygen atoms in total. The van der Waals surface area contributed by atoms with E-state index in [1.165, 1.54) is 0 Å². The SMILES string of the molecule is CC#Cc1ccc(NS(=O)(=O)C(C)C)cc1. The van der Waals surface area contributed by atoms with E-state index >= 15 is 0 Å². The van der Waals surface area contributed by atoms with Crippen molar-refractivity contribution in [3.05, 3.63) is 29.8 Å². The van der Waals surface area contributed by atoms with Crippen LogP contribution >= 0.6 is 0 Å². The van der Waals surface area contributed by atoms with Gasteiger partial charge in [-0.15, -0.1) is 5.92 Å². The zero-order valence-electron chi connectivity index (χ0n) is 9.61. The van der Waals surface area contributed by atoms with Crippen molar-refractivity contribution in [1.29, 1.82) is 0 Å². The molecule has 0 amide bonds. The van der Waals surface area contributed by atoms with E-state index in [2.05, 4.69) is 16.6 Å². The Morgan fingerprint density at radius 1 is 1.19 bits per heavy atom. The van der Waals surface area contributed by atoms with Gasteiger partial charge in [-0.1, -0.05) is 5.92 Å². The normalized spacial score (nSPS) is 10.8. The van der Waals surface area contributed by atoms with Crippen LogP contribution in [0.25, 0.3) is 0 Å². The van der Waals surface area contributed by atoms with Crippen molar-refractivity contribution in [1.82, 2.24) is 0 Å². The van der Waals surface area contributed by atoms with E-state index in [9.17, 15) is 8.42 Å². The molecule has 1 N–H and O–H groups in total. The summed E-state index contributed by atoms with van der Waals surface area (Å²) < 4.78 is 25.7. The number of sulfonamides is 1. The molecule has 16 heavy (non-hydrogen) atoms. The lowest BCUT2D eigenvalue weighted by molar-refractivity contribution is 0.593. The number of nitrogens with one attached hydrogen (secondary N) is 1. The fraction of sp³-hybridized carbons (Fsp3) is 0.333. The maximum atomic E-state index is 11.6. The molecule has 86 valence electrons. The summed E-state index contributed by atoms with van der Waals surface area (Å²) >= 11 is 0. The number of hydrogen-bond donors (Lipinski definition) is 1. The van der Waals surface area contributed by atoms with Crippen LogP contribution in [0.3, 0.4) is 0 Å². The maximum absolute atomic E-state index is 11.6. The molecule has 0 aliphatic heterocycles. The molecule has 0 bridgehead atoms. The Bertz CT molecular complexity index is 504. The number of hydrogen-bond acceptors (Lipinski definition) is 2. The lowest BCUT2D eigenvalue weighted by Gasteiger charge is -2.10. The predicted octanol–water partition coefficient (Wildman–Crippen LogP) is 2.21. The molecule has 0 spiro atoms.